The molecule has 3 rings (SSSR count). The van der Waals surface area contributed by atoms with Crippen LogP contribution >= 0.6 is 0 Å². The predicted octanol–water partition coefficient (Wildman–Crippen LogP) is 3.08. The molecule has 0 aromatic heterocycles. The van der Waals surface area contributed by atoms with Crippen LogP contribution in [0.15, 0.2) is 18.2 Å². The third-order valence-electron chi connectivity index (χ3n) is 5.99. The molecule has 0 bridgehead atoms. The maximum Gasteiger partial charge on any atom is 0.227 e. The molecule has 2 saturated carbocycles. The van der Waals surface area contributed by atoms with Crippen molar-refractivity contribution in [1.29, 1.82) is 0 Å². The van der Waals surface area contributed by atoms with Crippen molar-refractivity contribution in [3.63, 3.8) is 0 Å². The van der Waals surface area contributed by atoms with Crippen LogP contribution in [0.25, 0.3) is 0 Å². The Labute approximate surface area is 142 Å². The number of benzene rings is 1. The first kappa shape index (κ1) is 17.3. The lowest BCUT2D eigenvalue weighted by Gasteiger charge is -2.27. The van der Waals surface area contributed by atoms with Gasteiger partial charge in [-0.05, 0) is 69.8 Å². The second-order valence-corrected chi connectivity index (χ2v) is 7.65. The van der Waals surface area contributed by atoms with Crippen LogP contribution in [0, 0.1) is 23.5 Å². The summed E-state index contributed by atoms with van der Waals surface area (Å²) in [6.07, 6.45) is 4.39. The monoisotopic (exact) mass is 336 g/mol. The molecule has 0 aliphatic heterocycles. The van der Waals surface area contributed by atoms with Gasteiger partial charge in [-0.3, -0.25) is 4.79 Å². The molecule has 0 heterocycles. The summed E-state index contributed by atoms with van der Waals surface area (Å²) < 4.78 is 27.0. The Bertz CT molecular complexity index is 605. The van der Waals surface area contributed by atoms with E-state index in [1.54, 1.807) is 11.9 Å². The third-order valence-corrected chi connectivity index (χ3v) is 5.99. The Morgan fingerprint density at radius 1 is 1.04 bits per heavy atom. The maximum atomic E-state index is 13.7. The first-order chi connectivity index (χ1) is 11.3. The molecule has 2 fully saturated rings. The number of amides is 1. The summed E-state index contributed by atoms with van der Waals surface area (Å²) in [7, 11) is 6.06. The lowest BCUT2D eigenvalue weighted by Crippen LogP contribution is -2.37. The van der Waals surface area contributed by atoms with Gasteiger partial charge in [0.25, 0.3) is 0 Å². The zero-order valence-electron chi connectivity index (χ0n) is 14.6. The first-order valence-corrected chi connectivity index (χ1v) is 8.71. The van der Waals surface area contributed by atoms with E-state index in [1.165, 1.54) is 12.8 Å². The fraction of sp³-hybridized carbons (Fsp3) is 0.632. The van der Waals surface area contributed by atoms with E-state index in [9.17, 15) is 13.6 Å². The van der Waals surface area contributed by atoms with E-state index in [4.69, 9.17) is 0 Å². The number of fused-ring (bicyclic) bond motifs is 1. The highest BCUT2D eigenvalue weighted by Gasteiger charge is 2.43. The van der Waals surface area contributed by atoms with Crippen LogP contribution in [0.3, 0.4) is 0 Å². The Kier molecular flexibility index (Phi) is 4.90. The fourth-order valence-corrected chi connectivity index (χ4v) is 4.46. The smallest absolute Gasteiger partial charge is 0.227 e. The van der Waals surface area contributed by atoms with Gasteiger partial charge >= 0.3 is 0 Å². The molecule has 1 amide bonds. The van der Waals surface area contributed by atoms with E-state index in [1.807, 2.05) is 0 Å². The van der Waals surface area contributed by atoms with Crippen LogP contribution in [0.1, 0.15) is 31.2 Å². The van der Waals surface area contributed by atoms with Crippen molar-refractivity contribution in [1.82, 2.24) is 9.80 Å². The summed E-state index contributed by atoms with van der Waals surface area (Å²) in [6.45, 7) is 0. The van der Waals surface area contributed by atoms with Gasteiger partial charge in [-0.15, -0.1) is 0 Å². The van der Waals surface area contributed by atoms with Gasteiger partial charge in [0.2, 0.25) is 5.91 Å². The number of halogens is 2. The SMILES string of the molecule is CN(C)C1C[C@@H]2CC(N(C)C(=O)Cc3cc(F)ccc3F)C[C@@H]2C1. The van der Waals surface area contributed by atoms with E-state index in [-0.39, 0.29) is 23.9 Å². The van der Waals surface area contributed by atoms with Crippen LogP contribution in [-0.2, 0) is 11.2 Å². The van der Waals surface area contributed by atoms with Crippen molar-refractivity contribution in [3.05, 3.63) is 35.4 Å². The summed E-state index contributed by atoms with van der Waals surface area (Å²) >= 11 is 0. The van der Waals surface area contributed by atoms with E-state index in [0.717, 1.165) is 31.0 Å². The molecule has 0 radical (unpaired) electrons. The van der Waals surface area contributed by atoms with Crippen molar-refractivity contribution >= 4 is 5.91 Å². The molecule has 0 saturated heterocycles. The van der Waals surface area contributed by atoms with Crippen molar-refractivity contribution < 1.29 is 13.6 Å². The molecule has 1 aromatic rings. The molecule has 5 heteroatoms. The number of hydrogen-bond donors (Lipinski definition) is 0. The third kappa shape index (κ3) is 3.46. The number of carbonyl (C=O) groups excluding carboxylic acids is 1. The van der Waals surface area contributed by atoms with Crippen LogP contribution in [0.2, 0.25) is 0 Å². The zero-order valence-corrected chi connectivity index (χ0v) is 14.6. The Morgan fingerprint density at radius 2 is 1.62 bits per heavy atom. The minimum atomic E-state index is -0.518. The average Bonchev–Trinajstić information content (AvgIpc) is 3.08. The minimum absolute atomic E-state index is 0.0771. The molecular formula is C19H26F2N2O. The predicted molar refractivity (Wildman–Crippen MR) is 89.5 cm³/mol. The molecule has 3 nitrogen and oxygen atoms in total. The minimum Gasteiger partial charge on any atom is -0.342 e. The molecule has 1 aromatic carbocycles. The van der Waals surface area contributed by atoms with Crippen molar-refractivity contribution in [2.75, 3.05) is 21.1 Å². The summed E-state index contributed by atoms with van der Waals surface area (Å²) in [5.74, 6) is 0.211. The average molecular weight is 336 g/mol. The maximum absolute atomic E-state index is 13.7. The van der Waals surface area contributed by atoms with Gasteiger partial charge < -0.3 is 9.80 Å². The number of nitrogens with zero attached hydrogens (tertiary/aromatic N) is 2. The second kappa shape index (κ2) is 6.79. The van der Waals surface area contributed by atoms with Crippen molar-refractivity contribution in [2.24, 2.45) is 11.8 Å². The first-order valence-electron chi connectivity index (χ1n) is 8.71. The highest BCUT2D eigenvalue weighted by molar-refractivity contribution is 5.79. The Balaban J connectivity index is 1.59. The van der Waals surface area contributed by atoms with Gasteiger partial charge in [0.05, 0.1) is 6.42 Å². The van der Waals surface area contributed by atoms with Gasteiger partial charge in [0, 0.05) is 24.7 Å². The Morgan fingerprint density at radius 3 is 2.21 bits per heavy atom. The molecule has 132 valence electrons. The van der Waals surface area contributed by atoms with Gasteiger partial charge in [-0.2, -0.15) is 0 Å². The summed E-state index contributed by atoms with van der Waals surface area (Å²) in [5, 5.41) is 0. The topological polar surface area (TPSA) is 23.6 Å². The van der Waals surface area contributed by atoms with Crippen LogP contribution in [-0.4, -0.2) is 48.9 Å². The largest absolute Gasteiger partial charge is 0.342 e. The highest BCUT2D eigenvalue weighted by atomic mass is 19.1. The molecular weight excluding hydrogens is 310 g/mol. The van der Waals surface area contributed by atoms with Crippen molar-refractivity contribution in [3.8, 4) is 0 Å². The molecule has 0 spiro atoms. The van der Waals surface area contributed by atoms with Crippen LogP contribution in [0.4, 0.5) is 8.78 Å². The van der Waals surface area contributed by atoms with Gasteiger partial charge in [-0.1, -0.05) is 0 Å². The number of hydrogen-bond acceptors (Lipinski definition) is 2. The van der Waals surface area contributed by atoms with E-state index in [2.05, 4.69) is 19.0 Å². The van der Waals surface area contributed by atoms with E-state index in [0.29, 0.717) is 17.9 Å². The van der Waals surface area contributed by atoms with E-state index < -0.39 is 11.6 Å². The normalized spacial score (nSPS) is 29.1. The Hall–Kier alpha value is -1.49. The molecule has 2 aliphatic rings. The van der Waals surface area contributed by atoms with Gasteiger partial charge in [0.15, 0.2) is 0 Å². The lowest BCUT2D eigenvalue weighted by atomic mass is 10.0. The number of likely N-dealkylation sites (N-methyl/N-ethyl adjacent to an activating group) is 1. The molecule has 2 aliphatic carbocycles. The standard InChI is InChI=1S/C19H26F2N2O/c1-22(2)16-7-12-9-17(10-13(12)8-16)23(3)19(24)11-14-6-15(20)4-5-18(14)21/h4-6,12-13,16-17H,7-11H2,1-3H3/t12-,13+,16?,17?. The van der Waals surface area contributed by atoms with E-state index >= 15 is 0 Å². The van der Waals surface area contributed by atoms with Gasteiger partial charge in [-0.25, -0.2) is 8.78 Å². The van der Waals surface area contributed by atoms with Crippen molar-refractivity contribution in [2.45, 2.75) is 44.2 Å². The summed E-state index contributed by atoms with van der Waals surface area (Å²) in [6, 6.07) is 4.16. The lowest BCUT2D eigenvalue weighted by molar-refractivity contribution is -0.131. The second-order valence-electron chi connectivity index (χ2n) is 7.65. The fourth-order valence-electron chi connectivity index (χ4n) is 4.46. The zero-order chi connectivity index (χ0) is 17.4. The molecule has 4 atom stereocenters. The van der Waals surface area contributed by atoms with Gasteiger partial charge in [0.1, 0.15) is 11.6 Å². The summed E-state index contributed by atoms with van der Waals surface area (Å²) in [4.78, 5) is 16.5. The molecule has 24 heavy (non-hydrogen) atoms. The quantitative estimate of drug-likeness (QED) is 0.844. The summed E-state index contributed by atoms with van der Waals surface area (Å²) in [5.41, 5.74) is 0.137. The van der Waals surface area contributed by atoms with Crippen LogP contribution in [0.5, 0.6) is 0 Å². The number of rotatable bonds is 4. The number of carbonyl (C=O) groups is 1. The van der Waals surface area contributed by atoms with Crippen LogP contribution < -0.4 is 0 Å². The molecule has 0 N–H and O–H groups in total. The molecule has 2 unspecified atom stereocenters. The highest BCUT2D eigenvalue weighted by Crippen LogP contribution is 2.46.